The van der Waals surface area contributed by atoms with E-state index < -0.39 is 0 Å². The van der Waals surface area contributed by atoms with E-state index in [2.05, 4.69) is 15.5 Å². The number of carbonyl (C=O) groups is 1. The highest BCUT2D eigenvalue weighted by atomic mass is 32.2. The van der Waals surface area contributed by atoms with E-state index in [0.717, 1.165) is 22.6 Å². The lowest BCUT2D eigenvalue weighted by molar-refractivity contribution is -0.113. The lowest BCUT2D eigenvalue weighted by Gasteiger charge is -2.09. The van der Waals surface area contributed by atoms with Gasteiger partial charge in [0.15, 0.2) is 11.0 Å². The van der Waals surface area contributed by atoms with Gasteiger partial charge in [-0.2, -0.15) is 0 Å². The summed E-state index contributed by atoms with van der Waals surface area (Å²) in [5, 5.41) is 12.0. The van der Waals surface area contributed by atoms with Gasteiger partial charge in [-0.1, -0.05) is 54.2 Å². The average molecular weight is 461 g/mol. The molecule has 0 fully saturated rings. The van der Waals surface area contributed by atoms with Crippen LogP contribution in [-0.4, -0.2) is 33.5 Å². The maximum Gasteiger partial charge on any atom is 0.234 e. The normalized spacial score (nSPS) is 10.6. The second kappa shape index (κ2) is 10.7. The second-order valence-electron chi connectivity index (χ2n) is 7.23. The molecule has 33 heavy (non-hydrogen) atoms. The minimum Gasteiger partial charge on any atom is -0.497 e. The fourth-order valence-corrected chi connectivity index (χ4v) is 3.87. The summed E-state index contributed by atoms with van der Waals surface area (Å²) in [5.74, 6) is 2.30. The van der Waals surface area contributed by atoms with Gasteiger partial charge in [-0.15, -0.1) is 10.2 Å². The molecule has 1 aromatic heterocycles. The summed E-state index contributed by atoms with van der Waals surface area (Å²) in [6, 6.07) is 24.9. The van der Waals surface area contributed by atoms with Crippen LogP contribution in [0.2, 0.25) is 0 Å². The van der Waals surface area contributed by atoms with Crippen molar-refractivity contribution in [2.45, 2.75) is 11.8 Å². The number of ether oxygens (including phenoxy) is 2. The Bertz CT molecular complexity index is 1210. The maximum absolute atomic E-state index is 12.4. The summed E-state index contributed by atoms with van der Waals surface area (Å²) >= 11 is 1.33. The molecule has 0 spiro atoms. The van der Waals surface area contributed by atoms with E-state index in [-0.39, 0.29) is 11.7 Å². The van der Waals surface area contributed by atoms with Crippen molar-refractivity contribution < 1.29 is 14.3 Å². The fraction of sp³-hybridized carbons (Fsp3) is 0.160. The van der Waals surface area contributed by atoms with Gasteiger partial charge in [-0.05, 0) is 42.0 Å². The molecular formula is C25H24N4O3S. The van der Waals surface area contributed by atoms with E-state index in [1.807, 2.05) is 90.5 Å². The van der Waals surface area contributed by atoms with Crippen molar-refractivity contribution in [3.05, 3.63) is 84.4 Å². The molecule has 0 unspecified atom stereocenters. The first-order chi connectivity index (χ1) is 16.1. The molecule has 0 atom stereocenters. The number of carbonyl (C=O) groups excluding carboxylic acids is 1. The minimum absolute atomic E-state index is 0.121. The standard InChI is InChI=1S/C25H24N4O3S/c1-29-24(19-9-6-10-22(15-19)31-2)27-28-25(29)33-17-23(30)26-20-11-13-21(14-12-20)32-16-18-7-4-3-5-8-18/h3-15H,16-17H2,1-2H3,(H,26,30). The third-order valence-electron chi connectivity index (χ3n) is 4.88. The Kier molecular flexibility index (Phi) is 7.26. The van der Waals surface area contributed by atoms with Crippen molar-refractivity contribution in [2.24, 2.45) is 7.05 Å². The predicted molar refractivity (Wildman–Crippen MR) is 130 cm³/mol. The predicted octanol–water partition coefficient (Wildman–Crippen LogP) is 4.80. The van der Waals surface area contributed by atoms with Gasteiger partial charge in [-0.3, -0.25) is 4.79 Å². The van der Waals surface area contributed by atoms with Crippen molar-refractivity contribution >= 4 is 23.4 Å². The van der Waals surface area contributed by atoms with Crippen LogP contribution in [0.15, 0.2) is 84.0 Å². The first-order valence-electron chi connectivity index (χ1n) is 10.4. The minimum atomic E-state index is -0.121. The Morgan fingerprint density at radius 2 is 1.76 bits per heavy atom. The van der Waals surface area contributed by atoms with Crippen molar-refractivity contribution in [3.8, 4) is 22.9 Å². The van der Waals surface area contributed by atoms with Gasteiger partial charge in [-0.25, -0.2) is 0 Å². The molecule has 0 aliphatic carbocycles. The average Bonchev–Trinajstić information content (AvgIpc) is 3.23. The molecular weight excluding hydrogens is 436 g/mol. The molecule has 7 nitrogen and oxygen atoms in total. The first-order valence-corrected chi connectivity index (χ1v) is 11.3. The second-order valence-corrected chi connectivity index (χ2v) is 8.18. The van der Waals surface area contributed by atoms with Crippen LogP contribution >= 0.6 is 11.8 Å². The first kappa shape index (κ1) is 22.4. The smallest absolute Gasteiger partial charge is 0.234 e. The molecule has 1 heterocycles. The fourth-order valence-electron chi connectivity index (χ4n) is 3.16. The topological polar surface area (TPSA) is 78.3 Å². The summed E-state index contributed by atoms with van der Waals surface area (Å²) in [5.41, 5.74) is 2.71. The third kappa shape index (κ3) is 5.93. The zero-order valence-corrected chi connectivity index (χ0v) is 19.2. The molecule has 168 valence electrons. The lowest BCUT2D eigenvalue weighted by Crippen LogP contribution is -2.14. The van der Waals surface area contributed by atoms with Crippen LogP contribution in [0.25, 0.3) is 11.4 Å². The van der Waals surface area contributed by atoms with E-state index in [0.29, 0.717) is 23.3 Å². The maximum atomic E-state index is 12.4. The molecule has 0 saturated heterocycles. The number of benzene rings is 3. The van der Waals surface area contributed by atoms with Crippen LogP contribution in [0, 0.1) is 0 Å². The lowest BCUT2D eigenvalue weighted by atomic mass is 10.2. The molecule has 1 amide bonds. The number of rotatable bonds is 9. The molecule has 4 rings (SSSR count). The Morgan fingerprint density at radius 1 is 0.970 bits per heavy atom. The highest BCUT2D eigenvalue weighted by Gasteiger charge is 2.13. The summed E-state index contributed by atoms with van der Waals surface area (Å²) in [4.78, 5) is 12.4. The monoisotopic (exact) mass is 460 g/mol. The number of methoxy groups -OCH3 is 1. The highest BCUT2D eigenvalue weighted by Crippen LogP contribution is 2.25. The van der Waals surface area contributed by atoms with Crippen molar-refractivity contribution in [1.82, 2.24) is 14.8 Å². The van der Waals surface area contributed by atoms with Gasteiger partial charge in [0.2, 0.25) is 5.91 Å². The van der Waals surface area contributed by atoms with E-state index in [1.54, 1.807) is 7.11 Å². The zero-order valence-electron chi connectivity index (χ0n) is 18.4. The Hall–Kier alpha value is -3.78. The molecule has 0 bridgehead atoms. The van der Waals surface area contributed by atoms with Crippen LogP contribution in [0.1, 0.15) is 5.56 Å². The molecule has 4 aromatic rings. The van der Waals surface area contributed by atoms with E-state index >= 15 is 0 Å². The number of anilines is 1. The number of nitrogens with zero attached hydrogens (tertiary/aromatic N) is 3. The number of thioether (sulfide) groups is 1. The molecule has 8 heteroatoms. The van der Waals surface area contributed by atoms with Gasteiger partial charge in [0.25, 0.3) is 0 Å². The summed E-state index contributed by atoms with van der Waals surface area (Å²) < 4.78 is 12.9. The molecule has 1 N–H and O–H groups in total. The summed E-state index contributed by atoms with van der Waals surface area (Å²) in [6.45, 7) is 0.499. The van der Waals surface area contributed by atoms with Crippen molar-refractivity contribution in [1.29, 1.82) is 0 Å². The highest BCUT2D eigenvalue weighted by molar-refractivity contribution is 7.99. The van der Waals surface area contributed by atoms with Crippen LogP contribution in [0.4, 0.5) is 5.69 Å². The Morgan fingerprint density at radius 3 is 2.52 bits per heavy atom. The molecule has 3 aromatic carbocycles. The van der Waals surface area contributed by atoms with Gasteiger partial charge in [0.1, 0.15) is 18.1 Å². The van der Waals surface area contributed by atoms with Gasteiger partial charge < -0.3 is 19.4 Å². The Balaban J connectivity index is 1.29. The Labute approximate surface area is 196 Å². The third-order valence-corrected chi connectivity index (χ3v) is 5.90. The largest absolute Gasteiger partial charge is 0.497 e. The number of hydrogen-bond donors (Lipinski definition) is 1. The number of aromatic nitrogens is 3. The molecule has 0 radical (unpaired) electrons. The van der Waals surface area contributed by atoms with Crippen molar-refractivity contribution in [3.63, 3.8) is 0 Å². The summed E-state index contributed by atoms with van der Waals surface area (Å²) in [6.07, 6.45) is 0. The van der Waals surface area contributed by atoms with Gasteiger partial charge in [0.05, 0.1) is 12.9 Å². The van der Waals surface area contributed by atoms with E-state index in [9.17, 15) is 4.79 Å². The number of amides is 1. The van der Waals surface area contributed by atoms with Gasteiger partial charge >= 0.3 is 0 Å². The SMILES string of the molecule is COc1cccc(-c2nnc(SCC(=O)Nc3ccc(OCc4ccccc4)cc3)n2C)c1. The van der Waals surface area contributed by atoms with Crippen LogP contribution in [0.5, 0.6) is 11.5 Å². The van der Waals surface area contributed by atoms with Crippen LogP contribution < -0.4 is 14.8 Å². The zero-order chi connectivity index (χ0) is 23.0. The summed E-state index contributed by atoms with van der Waals surface area (Å²) in [7, 11) is 3.50. The van der Waals surface area contributed by atoms with E-state index in [1.165, 1.54) is 11.8 Å². The van der Waals surface area contributed by atoms with E-state index in [4.69, 9.17) is 9.47 Å². The molecule has 0 aliphatic heterocycles. The number of hydrogen-bond acceptors (Lipinski definition) is 6. The van der Waals surface area contributed by atoms with Crippen LogP contribution in [-0.2, 0) is 18.4 Å². The van der Waals surface area contributed by atoms with Crippen LogP contribution in [0.3, 0.4) is 0 Å². The molecule has 0 aliphatic rings. The quantitative estimate of drug-likeness (QED) is 0.362. The number of nitrogens with one attached hydrogen (secondary N) is 1. The molecule has 0 saturated carbocycles. The van der Waals surface area contributed by atoms with Crippen molar-refractivity contribution in [2.75, 3.05) is 18.2 Å². The van der Waals surface area contributed by atoms with Gasteiger partial charge in [0, 0.05) is 18.3 Å².